The molecule has 2 rings (SSSR count). The zero-order chi connectivity index (χ0) is 15.8. The quantitative estimate of drug-likeness (QED) is 0.926. The summed E-state index contributed by atoms with van der Waals surface area (Å²) in [5.41, 5.74) is 1.19. The first kappa shape index (κ1) is 16.0. The molecule has 0 spiro atoms. The van der Waals surface area contributed by atoms with Crippen LogP contribution in [0.2, 0.25) is 0 Å². The number of primary sulfonamides is 1. The molecule has 1 heterocycles. The predicted molar refractivity (Wildman–Crippen MR) is 81.4 cm³/mol. The average molecular weight is 310 g/mol. The van der Waals surface area contributed by atoms with Gasteiger partial charge < -0.3 is 4.90 Å². The van der Waals surface area contributed by atoms with Crippen molar-refractivity contribution in [1.29, 1.82) is 0 Å². The second-order valence-electron chi connectivity index (χ2n) is 5.97. The lowest BCUT2D eigenvalue weighted by Crippen LogP contribution is -2.38. The topological polar surface area (TPSA) is 80.5 Å². The van der Waals surface area contributed by atoms with Crippen molar-refractivity contribution in [2.24, 2.45) is 11.1 Å². The number of aryl methyl sites for hydroxylation is 1. The van der Waals surface area contributed by atoms with E-state index in [0.717, 1.165) is 19.4 Å². The molecule has 6 heteroatoms. The van der Waals surface area contributed by atoms with E-state index >= 15 is 0 Å². The standard InChI is InChI=1S/C15H22N2O3S/c1-10(2)14-5-4-8-17(14)15(18)13-7-6-12(9-11(13)3)21(16,19)20/h6-7,9-10,14H,4-5,8H2,1-3H3,(H2,16,19,20). The lowest BCUT2D eigenvalue weighted by Gasteiger charge is -2.28. The molecule has 0 aromatic heterocycles. The van der Waals surface area contributed by atoms with Crippen LogP contribution in [0.25, 0.3) is 0 Å². The Balaban J connectivity index is 2.32. The minimum absolute atomic E-state index is 0.0235. The van der Waals surface area contributed by atoms with Gasteiger partial charge in [0.25, 0.3) is 5.91 Å². The third-order valence-electron chi connectivity index (χ3n) is 4.09. The predicted octanol–water partition coefficient (Wildman–Crippen LogP) is 1.90. The average Bonchev–Trinajstić information content (AvgIpc) is 2.86. The van der Waals surface area contributed by atoms with Crippen LogP contribution in [0.1, 0.15) is 42.6 Å². The Bertz CT molecular complexity index is 653. The van der Waals surface area contributed by atoms with Crippen LogP contribution in [0.5, 0.6) is 0 Å². The van der Waals surface area contributed by atoms with Crippen LogP contribution < -0.4 is 5.14 Å². The Morgan fingerprint density at radius 1 is 1.38 bits per heavy atom. The molecule has 5 nitrogen and oxygen atoms in total. The monoisotopic (exact) mass is 310 g/mol. The fourth-order valence-corrected chi connectivity index (χ4v) is 3.54. The van der Waals surface area contributed by atoms with Crippen LogP contribution in [0.15, 0.2) is 23.1 Å². The third-order valence-corrected chi connectivity index (χ3v) is 5.00. The Morgan fingerprint density at radius 3 is 2.57 bits per heavy atom. The van der Waals surface area contributed by atoms with E-state index in [-0.39, 0.29) is 16.8 Å². The van der Waals surface area contributed by atoms with Gasteiger partial charge in [-0.2, -0.15) is 0 Å². The van der Waals surface area contributed by atoms with E-state index in [4.69, 9.17) is 5.14 Å². The zero-order valence-electron chi connectivity index (χ0n) is 12.7. The molecule has 1 aliphatic rings. The highest BCUT2D eigenvalue weighted by molar-refractivity contribution is 7.89. The minimum atomic E-state index is -3.74. The zero-order valence-corrected chi connectivity index (χ0v) is 13.5. The molecule has 116 valence electrons. The fourth-order valence-electron chi connectivity index (χ4n) is 2.95. The van der Waals surface area contributed by atoms with Gasteiger partial charge in [-0.05, 0) is 49.4 Å². The SMILES string of the molecule is Cc1cc(S(N)(=O)=O)ccc1C(=O)N1CCCC1C(C)C. The molecule has 2 N–H and O–H groups in total. The van der Waals surface area contributed by atoms with E-state index in [1.165, 1.54) is 12.1 Å². The van der Waals surface area contributed by atoms with Crippen LogP contribution in [0, 0.1) is 12.8 Å². The third kappa shape index (κ3) is 3.27. The van der Waals surface area contributed by atoms with Gasteiger partial charge in [-0.15, -0.1) is 0 Å². The van der Waals surface area contributed by atoms with Crippen molar-refractivity contribution in [2.75, 3.05) is 6.54 Å². The first-order valence-corrected chi connectivity index (χ1v) is 8.71. The summed E-state index contributed by atoms with van der Waals surface area (Å²) in [5.74, 6) is 0.394. The van der Waals surface area contributed by atoms with E-state index in [0.29, 0.717) is 17.0 Å². The second-order valence-corrected chi connectivity index (χ2v) is 7.54. The van der Waals surface area contributed by atoms with Crippen molar-refractivity contribution in [1.82, 2.24) is 4.90 Å². The van der Waals surface area contributed by atoms with Crippen LogP contribution in [0.3, 0.4) is 0 Å². The summed E-state index contributed by atoms with van der Waals surface area (Å²) in [5, 5.41) is 5.11. The van der Waals surface area contributed by atoms with Gasteiger partial charge in [0.05, 0.1) is 4.90 Å². The highest BCUT2D eigenvalue weighted by atomic mass is 32.2. The molecule has 1 amide bonds. The Morgan fingerprint density at radius 2 is 2.05 bits per heavy atom. The molecule has 21 heavy (non-hydrogen) atoms. The summed E-state index contributed by atoms with van der Waals surface area (Å²) in [6, 6.07) is 4.68. The molecule has 1 saturated heterocycles. The van der Waals surface area contributed by atoms with Crippen molar-refractivity contribution in [3.63, 3.8) is 0 Å². The van der Waals surface area contributed by atoms with Gasteiger partial charge in [-0.25, -0.2) is 13.6 Å². The minimum Gasteiger partial charge on any atom is -0.335 e. The number of carbonyl (C=O) groups excluding carboxylic acids is 1. The van der Waals surface area contributed by atoms with Gasteiger partial charge in [-0.3, -0.25) is 4.79 Å². The van der Waals surface area contributed by atoms with Crippen LogP contribution in [-0.4, -0.2) is 31.8 Å². The first-order chi connectivity index (χ1) is 9.71. The number of hydrogen-bond donors (Lipinski definition) is 1. The van der Waals surface area contributed by atoms with Gasteiger partial charge in [0, 0.05) is 18.2 Å². The van der Waals surface area contributed by atoms with Gasteiger partial charge in [0.1, 0.15) is 0 Å². The number of likely N-dealkylation sites (tertiary alicyclic amines) is 1. The molecule has 1 unspecified atom stereocenters. The maximum Gasteiger partial charge on any atom is 0.254 e. The Hall–Kier alpha value is -1.40. The number of benzene rings is 1. The lowest BCUT2D eigenvalue weighted by molar-refractivity contribution is 0.0700. The number of sulfonamides is 1. The van der Waals surface area contributed by atoms with Gasteiger partial charge in [0.15, 0.2) is 0 Å². The van der Waals surface area contributed by atoms with Crippen molar-refractivity contribution in [3.05, 3.63) is 29.3 Å². The van der Waals surface area contributed by atoms with Gasteiger partial charge in [0.2, 0.25) is 10.0 Å². The number of amides is 1. The molecule has 1 aliphatic heterocycles. The van der Waals surface area contributed by atoms with Crippen molar-refractivity contribution in [2.45, 2.75) is 44.6 Å². The summed E-state index contributed by atoms with van der Waals surface area (Å²) < 4.78 is 22.7. The normalized spacial score (nSPS) is 19.3. The largest absolute Gasteiger partial charge is 0.335 e. The second kappa shape index (κ2) is 5.77. The van der Waals surface area contributed by atoms with E-state index < -0.39 is 10.0 Å². The van der Waals surface area contributed by atoms with E-state index in [9.17, 15) is 13.2 Å². The molecule has 1 aromatic rings. The molecule has 1 aromatic carbocycles. The summed E-state index contributed by atoms with van der Waals surface area (Å²) in [6.45, 7) is 6.74. The summed E-state index contributed by atoms with van der Waals surface area (Å²) in [4.78, 5) is 14.6. The molecule has 0 saturated carbocycles. The summed E-state index contributed by atoms with van der Waals surface area (Å²) >= 11 is 0. The molecular weight excluding hydrogens is 288 g/mol. The summed E-state index contributed by atoms with van der Waals surface area (Å²) in [7, 11) is -3.74. The van der Waals surface area contributed by atoms with Crippen LogP contribution in [0.4, 0.5) is 0 Å². The van der Waals surface area contributed by atoms with E-state index in [2.05, 4.69) is 13.8 Å². The first-order valence-electron chi connectivity index (χ1n) is 7.16. The van der Waals surface area contributed by atoms with Gasteiger partial charge in [-0.1, -0.05) is 13.8 Å². The summed E-state index contributed by atoms with van der Waals surface area (Å²) in [6.07, 6.45) is 2.04. The molecule has 0 bridgehead atoms. The number of hydrogen-bond acceptors (Lipinski definition) is 3. The number of carbonyl (C=O) groups is 1. The highest BCUT2D eigenvalue weighted by Gasteiger charge is 2.32. The number of nitrogens with two attached hydrogens (primary N) is 1. The number of rotatable bonds is 3. The number of nitrogens with zero attached hydrogens (tertiary/aromatic N) is 1. The maximum atomic E-state index is 12.7. The smallest absolute Gasteiger partial charge is 0.254 e. The van der Waals surface area contributed by atoms with E-state index in [1.807, 2.05) is 4.90 Å². The lowest BCUT2D eigenvalue weighted by atomic mass is 10.0. The molecular formula is C15H22N2O3S. The van der Waals surface area contributed by atoms with Crippen LogP contribution in [-0.2, 0) is 10.0 Å². The highest BCUT2D eigenvalue weighted by Crippen LogP contribution is 2.26. The fraction of sp³-hybridized carbons (Fsp3) is 0.533. The molecule has 1 fully saturated rings. The Kier molecular flexibility index (Phi) is 4.39. The van der Waals surface area contributed by atoms with Crippen molar-refractivity contribution in [3.8, 4) is 0 Å². The van der Waals surface area contributed by atoms with Gasteiger partial charge >= 0.3 is 0 Å². The molecule has 0 aliphatic carbocycles. The maximum absolute atomic E-state index is 12.7. The van der Waals surface area contributed by atoms with E-state index in [1.54, 1.807) is 13.0 Å². The molecule has 1 atom stereocenters. The van der Waals surface area contributed by atoms with Crippen molar-refractivity contribution < 1.29 is 13.2 Å². The Labute approximate surface area is 126 Å². The molecule has 0 radical (unpaired) electrons. The van der Waals surface area contributed by atoms with Crippen LogP contribution >= 0.6 is 0 Å². The van der Waals surface area contributed by atoms with Crippen molar-refractivity contribution >= 4 is 15.9 Å².